The summed E-state index contributed by atoms with van der Waals surface area (Å²) in [6, 6.07) is 8.21. The van der Waals surface area contributed by atoms with Crippen LogP contribution in [0.1, 0.15) is 35.1 Å². The van der Waals surface area contributed by atoms with E-state index in [1.165, 1.54) is 5.56 Å². The molecule has 4 rings (SSSR count). The zero-order chi connectivity index (χ0) is 19.9. The van der Waals surface area contributed by atoms with Gasteiger partial charge in [-0.05, 0) is 17.5 Å². The third kappa shape index (κ3) is 3.12. The Kier molecular flexibility index (Phi) is 5.17. The number of aliphatic hydroxyl groups is 4. The summed E-state index contributed by atoms with van der Waals surface area (Å²) in [5.41, 5.74) is 3.73. The molecule has 1 aromatic heterocycles. The molecule has 2 aliphatic heterocycles. The molecule has 0 aliphatic carbocycles. The van der Waals surface area contributed by atoms with Gasteiger partial charge >= 0.3 is 0 Å². The van der Waals surface area contributed by atoms with Crippen LogP contribution in [0.15, 0.2) is 30.5 Å². The number of nitrogens with zero attached hydrogens (tertiary/aromatic N) is 2. The van der Waals surface area contributed by atoms with Crippen LogP contribution in [0.5, 0.6) is 0 Å². The molecule has 8 nitrogen and oxygen atoms in total. The van der Waals surface area contributed by atoms with Crippen molar-refractivity contribution in [3.8, 4) is 0 Å². The number of aryl methyl sites for hydroxylation is 1. The maximum Gasteiger partial charge on any atom is 0.244 e. The molecule has 0 bridgehead atoms. The van der Waals surface area contributed by atoms with Gasteiger partial charge in [-0.2, -0.15) is 0 Å². The van der Waals surface area contributed by atoms with E-state index in [1.807, 2.05) is 12.1 Å². The summed E-state index contributed by atoms with van der Waals surface area (Å²) in [7, 11) is 0. The summed E-state index contributed by atoms with van der Waals surface area (Å²) in [4.78, 5) is 8.98. The molecule has 0 radical (unpaired) electrons. The second kappa shape index (κ2) is 7.47. The van der Waals surface area contributed by atoms with E-state index >= 15 is 0 Å². The van der Waals surface area contributed by atoms with Crippen LogP contribution in [-0.2, 0) is 34.7 Å². The van der Waals surface area contributed by atoms with Crippen molar-refractivity contribution in [2.75, 3.05) is 6.61 Å². The fourth-order valence-corrected chi connectivity index (χ4v) is 3.72. The van der Waals surface area contributed by atoms with Crippen molar-refractivity contribution in [1.29, 1.82) is 0 Å². The first-order valence-corrected chi connectivity index (χ1v) is 9.38. The van der Waals surface area contributed by atoms with Gasteiger partial charge in [0.1, 0.15) is 30.1 Å². The van der Waals surface area contributed by atoms with E-state index in [9.17, 15) is 20.4 Å². The number of fused-ring (bicyclic) bond motifs is 2. The fraction of sp³-hybridized carbons (Fsp3) is 0.500. The largest absolute Gasteiger partial charge is 0.394 e. The number of hydrogen-bond donors (Lipinski definition) is 4. The average molecular weight is 388 g/mol. The quantitative estimate of drug-likeness (QED) is 0.567. The molecule has 1 aromatic carbocycles. The van der Waals surface area contributed by atoms with Crippen LogP contribution in [0.2, 0.25) is 0 Å². The Balaban J connectivity index is 1.66. The van der Waals surface area contributed by atoms with Gasteiger partial charge < -0.3 is 29.9 Å². The fourth-order valence-electron chi connectivity index (χ4n) is 3.72. The predicted molar refractivity (Wildman–Crippen MR) is 97.1 cm³/mol. The molecule has 0 saturated carbocycles. The summed E-state index contributed by atoms with van der Waals surface area (Å²) < 4.78 is 11.4. The summed E-state index contributed by atoms with van der Waals surface area (Å²) in [5.74, 6) is -1.77. The first-order valence-electron chi connectivity index (χ1n) is 9.38. The van der Waals surface area contributed by atoms with Crippen LogP contribution < -0.4 is 0 Å². The van der Waals surface area contributed by atoms with E-state index in [4.69, 9.17) is 9.47 Å². The minimum absolute atomic E-state index is 0.0475. The SMILES string of the molecule is CCc1ccc(Cc2cnc3c(n2)C2(OC3)O[C@H](CO)[C@@H](O)[C@H](O)[C@H]2O)cc1. The molecule has 8 heteroatoms. The first-order chi connectivity index (χ1) is 13.5. The number of hydrogen-bond acceptors (Lipinski definition) is 8. The smallest absolute Gasteiger partial charge is 0.244 e. The highest BCUT2D eigenvalue weighted by Gasteiger charge is 2.59. The highest BCUT2D eigenvalue weighted by Crippen LogP contribution is 2.44. The zero-order valence-electron chi connectivity index (χ0n) is 15.5. The van der Waals surface area contributed by atoms with Crippen molar-refractivity contribution in [3.05, 3.63) is 58.7 Å². The second-order valence-electron chi connectivity index (χ2n) is 7.22. The minimum atomic E-state index is -1.77. The molecule has 2 aromatic rings. The van der Waals surface area contributed by atoms with E-state index in [1.54, 1.807) is 6.20 Å². The Hall–Kier alpha value is -1.94. The van der Waals surface area contributed by atoms with Crippen LogP contribution in [0, 0.1) is 0 Å². The van der Waals surface area contributed by atoms with E-state index in [2.05, 4.69) is 29.0 Å². The molecule has 3 heterocycles. The van der Waals surface area contributed by atoms with Crippen molar-refractivity contribution >= 4 is 0 Å². The molecular formula is C20H24N2O6. The monoisotopic (exact) mass is 388 g/mol. The van der Waals surface area contributed by atoms with Crippen LogP contribution in [-0.4, -0.2) is 61.4 Å². The van der Waals surface area contributed by atoms with Gasteiger partial charge in [-0.1, -0.05) is 31.2 Å². The highest BCUT2D eigenvalue weighted by molar-refractivity contribution is 5.29. The van der Waals surface area contributed by atoms with Gasteiger partial charge in [0.25, 0.3) is 0 Å². The normalized spacial score (nSPS) is 31.9. The van der Waals surface area contributed by atoms with Gasteiger partial charge in [0, 0.05) is 12.6 Å². The third-order valence-corrected chi connectivity index (χ3v) is 5.42. The summed E-state index contributed by atoms with van der Waals surface area (Å²) in [6.45, 7) is 1.61. The van der Waals surface area contributed by atoms with Gasteiger partial charge in [-0.3, -0.25) is 4.98 Å². The molecule has 1 spiro atoms. The molecule has 150 valence electrons. The zero-order valence-corrected chi connectivity index (χ0v) is 15.5. The summed E-state index contributed by atoms with van der Waals surface area (Å²) >= 11 is 0. The average Bonchev–Trinajstić information content (AvgIpc) is 3.08. The molecule has 4 N–H and O–H groups in total. The van der Waals surface area contributed by atoms with E-state index in [-0.39, 0.29) is 12.3 Å². The molecular weight excluding hydrogens is 364 g/mol. The summed E-state index contributed by atoms with van der Waals surface area (Å²) in [5, 5.41) is 40.3. The van der Waals surface area contributed by atoms with Crippen molar-refractivity contribution in [3.63, 3.8) is 0 Å². The number of rotatable bonds is 4. The Morgan fingerprint density at radius 3 is 2.50 bits per heavy atom. The van der Waals surface area contributed by atoms with Gasteiger partial charge in [0.15, 0.2) is 0 Å². The maximum absolute atomic E-state index is 10.6. The first kappa shape index (κ1) is 19.4. The number of benzene rings is 1. The van der Waals surface area contributed by atoms with Crippen LogP contribution in [0.25, 0.3) is 0 Å². The van der Waals surface area contributed by atoms with Crippen LogP contribution in [0.3, 0.4) is 0 Å². The molecule has 28 heavy (non-hydrogen) atoms. The van der Waals surface area contributed by atoms with E-state index in [0.717, 1.165) is 12.0 Å². The molecule has 2 aliphatic rings. The van der Waals surface area contributed by atoms with E-state index < -0.39 is 36.8 Å². The number of aliphatic hydroxyl groups excluding tert-OH is 4. The van der Waals surface area contributed by atoms with Crippen LogP contribution in [0.4, 0.5) is 0 Å². The van der Waals surface area contributed by atoms with Gasteiger partial charge in [0.2, 0.25) is 5.79 Å². The molecule has 1 fully saturated rings. The van der Waals surface area contributed by atoms with Gasteiger partial charge in [-0.15, -0.1) is 0 Å². The predicted octanol–water partition coefficient (Wildman–Crippen LogP) is -0.213. The maximum atomic E-state index is 10.6. The lowest BCUT2D eigenvalue weighted by molar-refractivity contribution is -0.369. The van der Waals surface area contributed by atoms with Gasteiger partial charge in [-0.25, -0.2) is 4.98 Å². The highest BCUT2D eigenvalue weighted by atomic mass is 16.7. The van der Waals surface area contributed by atoms with Gasteiger partial charge in [0.05, 0.1) is 24.6 Å². The standard InChI is InChI=1S/C20H24N2O6/c1-2-11-3-5-12(6-4-11)7-13-8-21-14-10-27-20(18(14)22-13)19(26)17(25)16(24)15(9-23)28-20/h3-6,8,15-17,19,23-26H,2,7,9-10H2,1H3/t15-,16-,17+,19-,20?/m1/s1. The number of ether oxygens (including phenoxy) is 2. The second-order valence-corrected chi connectivity index (χ2v) is 7.22. The topological polar surface area (TPSA) is 125 Å². The third-order valence-electron chi connectivity index (χ3n) is 5.42. The Morgan fingerprint density at radius 1 is 1.11 bits per heavy atom. The molecule has 1 saturated heterocycles. The Labute approximate surface area is 162 Å². The molecule has 0 amide bonds. The number of aromatic nitrogens is 2. The Morgan fingerprint density at radius 2 is 1.82 bits per heavy atom. The Bertz CT molecular complexity index is 843. The van der Waals surface area contributed by atoms with Crippen LogP contribution >= 0.6 is 0 Å². The summed E-state index contributed by atoms with van der Waals surface area (Å²) in [6.07, 6.45) is -2.52. The minimum Gasteiger partial charge on any atom is -0.394 e. The van der Waals surface area contributed by atoms with E-state index in [0.29, 0.717) is 17.8 Å². The lowest BCUT2D eigenvalue weighted by Gasteiger charge is -2.45. The van der Waals surface area contributed by atoms with Crippen molar-refractivity contribution in [2.24, 2.45) is 0 Å². The van der Waals surface area contributed by atoms with Crippen molar-refractivity contribution < 1.29 is 29.9 Å². The molecule has 1 unspecified atom stereocenters. The lowest BCUT2D eigenvalue weighted by Crippen LogP contribution is -2.63. The van der Waals surface area contributed by atoms with Crippen molar-refractivity contribution in [1.82, 2.24) is 9.97 Å². The molecule has 5 atom stereocenters. The van der Waals surface area contributed by atoms with Crippen molar-refractivity contribution in [2.45, 2.75) is 56.6 Å². The lowest BCUT2D eigenvalue weighted by atomic mass is 9.90.